The smallest absolute Gasteiger partial charge is 0.308 e. The molecule has 0 heterocycles. The van der Waals surface area contributed by atoms with Gasteiger partial charge in [0.2, 0.25) is 0 Å². The summed E-state index contributed by atoms with van der Waals surface area (Å²) in [5, 5.41) is 11.4. The Hall–Kier alpha value is -0.570. The second-order valence-corrected chi connectivity index (χ2v) is 11.7. The maximum absolute atomic E-state index is 12.3. The third-order valence-electron chi connectivity index (χ3n) is 11.2. The summed E-state index contributed by atoms with van der Waals surface area (Å²) in [5.74, 6) is 2.66. The molecule has 0 radical (unpaired) electrons. The fraction of sp³-hybridized carbons (Fsp3) is 0.958. The lowest BCUT2D eigenvalue weighted by Gasteiger charge is -2.74. The third kappa shape index (κ3) is 2.11. The minimum absolute atomic E-state index is 0.0120. The van der Waals surface area contributed by atoms with E-state index in [9.17, 15) is 9.90 Å². The van der Waals surface area contributed by atoms with E-state index in [1.54, 1.807) is 0 Å². The van der Waals surface area contributed by atoms with E-state index in [0.717, 1.165) is 37.0 Å². The molecule has 152 valence electrons. The van der Waals surface area contributed by atoms with Crippen LogP contribution in [0.3, 0.4) is 0 Å². The number of aliphatic hydroxyl groups is 1. The summed E-state index contributed by atoms with van der Waals surface area (Å²) >= 11 is 0. The lowest BCUT2D eigenvalue weighted by Crippen LogP contribution is -2.69. The first-order valence-corrected chi connectivity index (χ1v) is 11.5. The number of ether oxygens (including phenoxy) is 1. The first kappa shape index (κ1) is 18.5. The number of carbonyl (C=O) groups excluding carboxylic acids is 1. The minimum Gasteiger partial charge on any atom is -0.469 e. The Labute approximate surface area is 164 Å². The zero-order chi connectivity index (χ0) is 19.2. The van der Waals surface area contributed by atoms with Crippen LogP contribution in [0.4, 0.5) is 0 Å². The van der Waals surface area contributed by atoms with Gasteiger partial charge in [-0.25, -0.2) is 0 Å². The molecule has 1 N–H and O–H groups in total. The maximum Gasteiger partial charge on any atom is 0.308 e. The van der Waals surface area contributed by atoms with Gasteiger partial charge in [0.25, 0.3) is 0 Å². The van der Waals surface area contributed by atoms with Gasteiger partial charge < -0.3 is 9.84 Å². The van der Waals surface area contributed by atoms with Crippen LogP contribution in [0.15, 0.2) is 0 Å². The highest BCUT2D eigenvalue weighted by molar-refractivity contribution is 5.72. The average Bonchev–Trinajstić information content (AvgIpc) is 2.97. The van der Waals surface area contributed by atoms with Gasteiger partial charge in [-0.1, -0.05) is 20.8 Å². The second kappa shape index (κ2) is 5.52. The standard InChI is InChI=1S/C24H38O3/c1-15(20(25)27-4)17-7-8-18-19-6-5-16-13-23(26)11-10-22(16,3)24(19,14-23)12-9-21(17,18)2/h15-19,26H,5-14H2,1-4H3/t15-,16+,17?,18?,19?,21+,22-,23+,24+/m0/s1. The fourth-order valence-corrected chi connectivity index (χ4v) is 9.85. The van der Waals surface area contributed by atoms with E-state index in [1.807, 2.05) is 0 Å². The van der Waals surface area contributed by atoms with Crippen molar-refractivity contribution in [2.75, 3.05) is 7.11 Å². The lowest BCUT2D eigenvalue weighted by molar-refractivity contribution is -0.275. The van der Waals surface area contributed by atoms with Gasteiger partial charge in [-0.2, -0.15) is 0 Å². The summed E-state index contributed by atoms with van der Waals surface area (Å²) in [7, 11) is 1.53. The van der Waals surface area contributed by atoms with E-state index in [0.29, 0.717) is 16.7 Å². The van der Waals surface area contributed by atoms with Crippen molar-refractivity contribution < 1.29 is 14.6 Å². The summed E-state index contributed by atoms with van der Waals surface area (Å²) < 4.78 is 5.12. The second-order valence-electron chi connectivity index (χ2n) is 11.7. The molecule has 3 heteroatoms. The van der Waals surface area contributed by atoms with Gasteiger partial charge in [0.1, 0.15) is 0 Å². The van der Waals surface area contributed by atoms with E-state index >= 15 is 0 Å². The van der Waals surface area contributed by atoms with Gasteiger partial charge >= 0.3 is 5.97 Å². The predicted molar refractivity (Wildman–Crippen MR) is 105 cm³/mol. The van der Waals surface area contributed by atoms with Gasteiger partial charge in [-0.15, -0.1) is 0 Å². The summed E-state index contributed by atoms with van der Waals surface area (Å²) in [5.41, 5.74) is 0.681. The Morgan fingerprint density at radius 2 is 1.78 bits per heavy atom. The SMILES string of the molecule is COC(=O)[C@@H](C)C1CCC2C3CC[C@@H]4C[C@]5(O)CC[C@]4(C)[C@]3(CC[C@@]21C)C5. The zero-order valence-corrected chi connectivity index (χ0v) is 17.7. The molecule has 6 aliphatic rings. The Bertz CT molecular complexity index is 660. The molecule has 0 aromatic rings. The number of hydrogen-bond donors (Lipinski definition) is 1. The first-order chi connectivity index (χ1) is 12.7. The van der Waals surface area contributed by atoms with Crippen molar-refractivity contribution in [2.24, 2.45) is 45.8 Å². The number of methoxy groups -OCH3 is 1. The van der Waals surface area contributed by atoms with Gasteiger partial charge in [0.15, 0.2) is 0 Å². The molecule has 0 aromatic carbocycles. The van der Waals surface area contributed by atoms with E-state index in [-0.39, 0.29) is 22.9 Å². The van der Waals surface area contributed by atoms with E-state index in [2.05, 4.69) is 20.8 Å². The fourth-order valence-electron chi connectivity index (χ4n) is 9.85. The summed E-state index contributed by atoms with van der Waals surface area (Å²) in [6, 6.07) is 0. The van der Waals surface area contributed by atoms with Crippen molar-refractivity contribution in [1.82, 2.24) is 0 Å². The van der Waals surface area contributed by atoms with Crippen LogP contribution in [0.25, 0.3) is 0 Å². The Morgan fingerprint density at radius 3 is 2.52 bits per heavy atom. The Balaban J connectivity index is 1.51. The van der Waals surface area contributed by atoms with Crippen molar-refractivity contribution in [2.45, 2.75) is 90.6 Å². The van der Waals surface area contributed by atoms with Crippen molar-refractivity contribution >= 4 is 5.97 Å². The molecule has 6 fully saturated rings. The first-order valence-electron chi connectivity index (χ1n) is 11.5. The summed E-state index contributed by atoms with van der Waals surface area (Å²) in [6.45, 7) is 7.18. The van der Waals surface area contributed by atoms with Crippen LogP contribution in [-0.2, 0) is 9.53 Å². The molecule has 0 amide bonds. The molecular formula is C24H38O3. The molecule has 0 aromatic heterocycles. The number of rotatable bonds is 2. The molecule has 3 unspecified atom stereocenters. The predicted octanol–water partition coefficient (Wildman–Crippen LogP) is 4.96. The molecule has 1 spiro atoms. The van der Waals surface area contributed by atoms with Gasteiger partial charge in [-0.05, 0) is 104 Å². The zero-order valence-electron chi connectivity index (χ0n) is 17.7. The quantitative estimate of drug-likeness (QED) is 0.695. The molecule has 6 saturated carbocycles. The largest absolute Gasteiger partial charge is 0.469 e. The average molecular weight is 375 g/mol. The van der Waals surface area contributed by atoms with Crippen LogP contribution in [0.2, 0.25) is 0 Å². The molecule has 0 aliphatic heterocycles. The number of fused-ring (bicyclic) bond motifs is 3. The van der Waals surface area contributed by atoms with Crippen LogP contribution < -0.4 is 0 Å². The van der Waals surface area contributed by atoms with Gasteiger partial charge in [0, 0.05) is 0 Å². The number of carbonyl (C=O) groups is 1. The highest BCUT2D eigenvalue weighted by Gasteiger charge is 2.72. The summed E-state index contributed by atoms with van der Waals surface area (Å²) in [6.07, 6.45) is 12.0. The van der Waals surface area contributed by atoms with Crippen LogP contribution in [0.1, 0.15) is 85.0 Å². The lowest BCUT2D eigenvalue weighted by atomic mass is 9.31. The number of hydrogen-bond acceptors (Lipinski definition) is 3. The Morgan fingerprint density at radius 1 is 1.04 bits per heavy atom. The molecule has 3 nitrogen and oxygen atoms in total. The number of esters is 1. The van der Waals surface area contributed by atoms with Crippen LogP contribution in [0, 0.1) is 45.8 Å². The minimum atomic E-state index is -0.383. The van der Waals surface area contributed by atoms with Gasteiger partial charge in [0.05, 0.1) is 18.6 Å². The van der Waals surface area contributed by atoms with Crippen molar-refractivity contribution in [3.8, 4) is 0 Å². The Kier molecular flexibility index (Phi) is 3.77. The van der Waals surface area contributed by atoms with E-state index in [1.165, 1.54) is 52.1 Å². The topological polar surface area (TPSA) is 46.5 Å². The normalized spacial score (nSPS) is 56.9. The molecule has 6 rings (SSSR count). The molecule has 27 heavy (non-hydrogen) atoms. The van der Waals surface area contributed by atoms with E-state index < -0.39 is 0 Å². The summed E-state index contributed by atoms with van der Waals surface area (Å²) in [4.78, 5) is 12.3. The van der Waals surface area contributed by atoms with Crippen LogP contribution in [-0.4, -0.2) is 23.8 Å². The van der Waals surface area contributed by atoms with Crippen molar-refractivity contribution in [3.63, 3.8) is 0 Å². The van der Waals surface area contributed by atoms with E-state index in [4.69, 9.17) is 4.74 Å². The molecular weight excluding hydrogens is 336 g/mol. The molecule has 0 saturated heterocycles. The molecule has 6 aliphatic carbocycles. The van der Waals surface area contributed by atoms with Crippen LogP contribution >= 0.6 is 0 Å². The highest BCUT2D eigenvalue weighted by atomic mass is 16.5. The van der Waals surface area contributed by atoms with Crippen LogP contribution in [0.5, 0.6) is 0 Å². The monoisotopic (exact) mass is 374 g/mol. The van der Waals surface area contributed by atoms with Crippen molar-refractivity contribution in [3.05, 3.63) is 0 Å². The van der Waals surface area contributed by atoms with Crippen molar-refractivity contribution in [1.29, 1.82) is 0 Å². The maximum atomic E-state index is 12.3. The molecule has 9 atom stereocenters. The third-order valence-corrected chi connectivity index (χ3v) is 11.2. The van der Waals surface area contributed by atoms with Gasteiger partial charge in [-0.3, -0.25) is 4.79 Å². The highest BCUT2D eigenvalue weighted by Crippen LogP contribution is 2.78. The molecule has 4 bridgehead atoms.